The lowest BCUT2D eigenvalue weighted by Gasteiger charge is -2.20. The molecule has 1 rings (SSSR count). The Morgan fingerprint density at radius 1 is 1.14 bits per heavy atom. The summed E-state index contributed by atoms with van der Waals surface area (Å²) in [5.74, 6) is -0.317. The monoisotopic (exact) mass is 291 g/mol. The SMILES string of the molecule is CNC(=O)NC(=O)CN(C)Cc1ccc(C(C)(C)C)cc1. The van der Waals surface area contributed by atoms with Crippen LogP contribution in [0.4, 0.5) is 4.79 Å². The van der Waals surface area contributed by atoms with E-state index in [1.807, 2.05) is 11.9 Å². The standard InChI is InChI=1S/C16H25N3O2/c1-16(2,3)13-8-6-12(7-9-13)10-19(5)11-14(20)18-15(21)17-4/h6-9H,10-11H2,1-5H3,(H2,17,18,20,21). The second kappa shape index (κ2) is 7.22. The quantitative estimate of drug-likeness (QED) is 0.890. The molecule has 2 N–H and O–H groups in total. The third-order valence-electron chi connectivity index (χ3n) is 3.17. The van der Waals surface area contributed by atoms with Gasteiger partial charge in [0.25, 0.3) is 0 Å². The Hall–Kier alpha value is -1.88. The van der Waals surface area contributed by atoms with Crippen LogP contribution in [0.15, 0.2) is 24.3 Å². The van der Waals surface area contributed by atoms with Gasteiger partial charge in [-0.1, -0.05) is 45.0 Å². The smallest absolute Gasteiger partial charge is 0.321 e. The molecule has 0 saturated carbocycles. The number of carbonyl (C=O) groups excluding carboxylic acids is 2. The maximum absolute atomic E-state index is 11.6. The van der Waals surface area contributed by atoms with Gasteiger partial charge in [0, 0.05) is 13.6 Å². The van der Waals surface area contributed by atoms with Gasteiger partial charge in [-0.2, -0.15) is 0 Å². The molecule has 0 spiro atoms. The molecular weight excluding hydrogens is 266 g/mol. The van der Waals surface area contributed by atoms with Crippen molar-refractivity contribution in [3.8, 4) is 0 Å². The average Bonchev–Trinajstić information content (AvgIpc) is 2.37. The number of amides is 3. The molecule has 1 aromatic carbocycles. The highest BCUT2D eigenvalue weighted by molar-refractivity contribution is 5.95. The van der Waals surface area contributed by atoms with Crippen LogP contribution in [-0.4, -0.2) is 37.5 Å². The van der Waals surface area contributed by atoms with Gasteiger partial charge in [0.1, 0.15) is 0 Å². The molecule has 0 aliphatic carbocycles. The van der Waals surface area contributed by atoms with E-state index in [1.165, 1.54) is 12.6 Å². The minimum absolute atomic E-state index is 0.137. The molecule has 0 fully saturated rings. The van der Waals surface area contributed by atoms with Crippen LogP contribution >= 0.6 is 0 Å². The molecule has 5 heteroatoms. The second-order valence-corrected chi connectivity index (χ2v) is 6.25. The Morgan fingerprint density at radius 2 is 1.71 bits per heavy atom. The van der Waals surface area contributed by atoms with Gasteiger partial charge in [0.15, 0.2) is 0 Å². The van der Waals surface area contributed by atoms with Crippen LogP contribution in [0.2, 0.25) is 0 Å². The summed E-state index contributed by atoms with van der Waals surface area (Å²) in [7, 11) is 3.32. The first-order valence-electron chi connectivity index (χ1n) is 7.02. The van der Waals surface area contributed by atoms with Crippen molar-refractivity contribution in [2.75, 3.05) is 20.6 Å². The summed E-state index contributed by atoms with van der Waals surface area (Å²) in [5.41, 5.74) is 2.56. The average molecular weight is 291 g/mol. The molecule has 0 aliphatic heterocycles. The maximum atomic E-state index is 11.6. The minimum Gasteiger partial charge on any atom is -0.341 e. The van der Waals surface area contributed by atoms with E-state index in [1.54, 1.807) is 0 Å². The van der Waals surface area contributed by atoms with Gasteiger partial charge in [-0.15, -0.1) is 0 Å². The van der Waals surface area contributed by atoms with Crippen molar-refractivity contribution in [1.82, 2.24) is 15.5 Å². The van der Waals surface area contributed by atoms with Crippen molar-refractivity contribution in [1.29, 1.82) is 0 Å². The third kappa shape index (κ3) is 5.95. The number of urea groups is 1. The highest BCUT2D eigenvalue weighted by atomic mass is 16.2. The van der Waals surface area contributed by atoms with E-state index in [2.05, 4.69) is 55.7 Å². The van der Waals surface area contributed by atoms with Crippen molar-refractivity contribution >= 4 is 11.9 Å². The van der Waals surface area contributed by atoms with E-state index in [0.29, 0.717) is 6.54 Å². The lowest BCUT2D eigenvalue weighted by atomic mass is 9.87. The predicted octanol–water partition coefficient (Wildman–Crippen LogP) is 1.87. The molecule has 0 unspecified atom stereocenters. The molecule has 0 heterocycles. The molecule has 0 aromatic heterocycles. The third-order valence-corrected chi connectivity index (χ3v) is 3.17. The number of carbonyl (C=O) groups is 2. The topological polar surface area (TPSA) is 61.4 Å². The van der Waals surface area contributed by atoms with Crippen LogP contribution in [0.25, 0.3) is 0 Å². The zero-order chi connectivity index (χ0) is 16.0. The first kappa shape index (κ1) is 17.2. The van der Waals surface area contributed by atoms with E-state index < -0.39 is 6.03 Å². The van der Waals surface area contributed by atoms with Crippen LogP contribution in [0.5, 0.6) is 0 Å². The molecule has 21 heavy (non-hydrogen) atoms. The molecule has 0 saturated heterocycles. The van der Waals surface area contributed by atoms with Crippen molar-refractivity contribution in [2.24, 2.45) is 0 Å². The number of hydrogen-bond acceptors (Lipinski definition) is 3. The molecule has 0 radical (unpaired) electrons. The fraction of sp³-hybridized carbons (Fsp3) is 0.500. The van der Waals surface area contributed by atoms with E-state index in [4.69, 9.17) is 0 Å². The maximum Gasteiger partial charge on any atom is 0.321 e. The molecule has 0 atom stereocenters. The fourth-order valence-corrected chi connectivity index (χ4v) is 1.95. The lowest BCUT2D eigenvalue weighted by Crippen LogP contribution is -2.42. The molecule has 0 bridgehead atoms. The number of rotatable bonds is 4. The summed E-state index contributed by atoms with van der Waals surface area (Å²) >= 11 is 0. The number of hydrogen-bond donors (Lipinski definition) is 2. The number of imide groups is 1. The molecule has 116 valence electrons. The molecule has 1 aromatic rings. The summed E-state index contributed by atoms with van der Waals surface area (Å²) in [6.07, 6.45) is 0. The Balaban J connectivity index is 2.53. The highest BCUT2D eigenvalue weighted by Gasteiger charge is 2.13. The largest absolute Gasteiger partial charge is 0.341 e. The number of nitrogens with one attached hydrogen (secondary N) is 2. The van der Waals surface area contributed by atoms with Crippen LogP contribution in [0, 0.1) is 0 Å². The summed E-state index contributed by atoms with van der Waals surface area (Å²) in [6.45, 7) is 7.37. The van der Waals surface area contributed by atoms with Gasteiger partial charge in [-0.05, 0) is 23.6 Å². The van der Waals surface area contributed by atoms with Crippen LogP contribution in [0.3, 0.4) is 0 Å². The van der Waals surface area contributed by atoms with Crippen molar-refractivity contribution in [3.05, 3.63) is 35.4 Å². The van der Waals surface area contributed by atoms with Crippen molar-refractivity contribution in [2.45, 2.75) is 32.7 Å². The molecular formula is C16H25N3O2. The second-order valence-electron chi connectivity index (χ2n) is 6.25. The first-order valence-corrected chi connectivity index (χ1v) is 7.02. The van der Waals surface area contributed by atoms with Crippen LogP contribution in [-0.2, 0) is 16.8 Å². The lowest BCUT2D eigenvalue weighted by molar-refractivity contribution is -0.120. The summed E-state index contributed by atoms with van der Waals surface area (Å²) in [4.78, 5) is 24.5. The zero-order valence-corrected chi connectivity index (χ0v) is 13.5. The Morgan fingerprint density at radius 3 is 2.19 bits per heavy atom. The summed E-state index contributed by atoms with van der Waals surface area (Å²) in [5, 5.41) is 4.59. The fourth-order valence-electron chi connectivity index (χ4n) is 1.95. The van der Waals surface area contributed by atoms with Crippen molar-refractivity contribution in [3.63, 3.8) is 0 Å². The van der Waals surface area contributed by atoms with Gasteiger partial charge in [-0.3, -0.25) is 15.0 Å². The zero-order valence-electron chi connectivity index (χ0n) is 13.5. The highest BCUT2D eigenvalue weighted by Crippen LogP contribution is 2.22. The van der Waals surface area contributed by atoms with Gasteiger partial charge in [0.05, 0.1) is 6.54 Å². The molecule has 0 aliphatic rings. The van der Waals surface area contributed by atoms with E-state index >= 15 is 0 Å². The minimum atomic E-state index is -0.483. The number of likely N-dealkylation sites (N-methyl/N-ethyl adjacent to an activating group) is 1. The van der Waals surface area contributed by atoms with Gasteiger partial charge in [-0.25, -0.2) is 4.79 Å². The Kier molecular flexibility index (Phi) is 5.90. The van der Waals surface area contributed by atoms with Gasteiger partial charge >= 0.3 is 6.03 Å². The Labute approximate surface area is 126 Å². The van der Waals surface area contributed by atoms with E-state index in [-0.39, 0.29) is 17.9 Å². The normalized spacial score (nSPS) is 11.3. The molecule has 3 amide bonds. The van der Waals surface area contributed by atoms with Crippen molar-refractivity contribution < 1.29 is 9.59 Å². The number of nitrogens with zero attached hydrogens (tertiary/aromatic N) is 1. The van der Waals surface area contributed by atoms with Gasteiger partial charge in [0.2, 0.25) is 5.91 Å². The first-order chi connectivity index (χ1) is 9.72. The van der Waals surface area contributed by atoms with Crippen LogP contribution < -0.4 is 10.6 Å². The number of benzene rings is 1. The predicted molar refractivity (Wildman–Crippen MR) is 84.1 cm³/mol. The summed E-state index contributed by atoms with van der Waals surface area (Å²) in [6, 6.07) is 7.91. The van der Waals surface area contributed by atoms with Crippen LogP contribution in [0.1, 0.15) is 31.9 Å². The molecule has 5 nitrogen and oxygen atoms in total. The van der Waals surface area contributed by atoms with Gasteiger partial charge < -0.3 is 5.32 Å². The van der Waals surface area contributed by atoms with E-state index in [9.17, 15) is 9.59 Å². The van der Waals surface area contributed by atoms with E-state index in [0.717, 1.165) is 5.56 Å². The summed E-state index contributed by atoms with van der Waals surface area (Å²) < 4.78 is 0. The Bertz CT molecular complexity index is 489.